The number of aryl methyl sites for hydroxylation is 2. The molecule has 0 saturated heterocycles. The molecular formula is C19H22F3IO. The molecule has 0 atom stereocenters. The van der Waals surface area contributed by atoms with E-state index >= 15 is 0 Å². The van der Waals surface area contributed by atoms with Crippen molar-refractivity contribution in [2.24, 2.45) is 0 Å². The summed E-state index contributed by atoms with van der Waals surface area (Å²) in [4.78, 5) is 0. The van der Waals surface area contributed by atoms with Crippen molar-refractivity contribution in [2.45, 2.75) is 40.8 Å². The maximum absolute atomic E-state index is 11.7. The van der Waals surface area contributed by atoms with Gasteiger partial charge in [-0.1, -0.05) is 17.7 Å². The molecule has 2 aromatic carbocycles. The fourth-order valence-electron chi connectivity index (χ4n) is 1.96. The maximum atomic E-state index is 11.7. The van der Waals surface area contributed by atoms with Crippen LogP contribution >= 0.6 is 22.6 Å². The number of rotatable bonds is 2. The first-order valence-electron chi connectivity index (χ1n) is 7.50. The van der Waals surface area contributed by atoms with E-state index in [2.05, 4.69) is 61.1 Å². The molecule has 1 nitrogen and oxygen atoms in total. The highest BCUT2D eigenvalue weighted by molar-refractivity contribution is 14.1. The second-order valence-electron chi connectivity index (χ2n) is 5.77. The number of alkyl halides is 3. The second kappa shape index (κ2) is 8.74. The Kier molecular flexibility index (Phi) is 7.57. The Labute approximate surface area is 155 Å². The van der Waals surface area contributed by atoms with E-state index in [-0.39, 0.29) is 5.75 Å². The minimum Gasteiger partial charge on any atom is -0.484 e. The summed E-state index contributed by atoms with van der Waals surface area (Å²) in [5.41, 5.74) is 6.68. The lowest BCUT2D eigenvalue weighted by Crippen LogP contribution is -2.19. The van der Waals surface area contributed by atoms with Crippen LogP contribution in [-0.2, 0) is 0 Å². The lowest BCUT2D eigenvalue weighted by atomic mass is 10.0. The van der Waals surface area contributed by atoms with Gasteiger partial charge in [-0.05, 0) is 97.7 Å². The fourth-order valence-corrected chi connectivity index (χ4v) is 2.83. The third-order valence-electron chi connectivity index (χ3n) is 3.84. The summed E-state index contributed by atoms with van der Waals surface area (Å²) >= 11 is 2.39. The monoisotopic (exact) mass is 450 g/mol. The molecule has 0 N–H and O–H groups in total. The molecule has 0 aliphatic rings. The smallest absolute Gasteiger partial charge is 0.422 e. The van der Waals surface area contributed by atoms with Crippen molar-refractivity contribution in [3.8, 4) is 5.75 Å². The lowest BCUT2D eigenvalue weighted by Gasteiger charge is -2.09. The first-order valence-corrected chi connectivity index (χ1v) is 8.58. The number of ether oxygens (including phenoxy) is 1. The molecule has 2 rings (SSSR count). The predicted molar refractivity (Wildman–Crippen MR) is 101 cm³/mol. The van der Waals surface area contributed by atoms with Gasteiger partial charge in [0, 0.05) is 3.57 Å². The minimum absolute atomic E-state index is 0.239. The fraction of sp³-hybridized carbons (Fsp3) is 0.368. The van der Waals surface area contributed by atoms with Crippen molar-refractivity contribution >= 4 is 22.6 Å². The summed E-state index contributed by atoms with van der Waals surface area (Å²) in [6.45, 7) is 9.35. The van der Waals surface area contributed by atoms with Gasteiger partial charge in [0.05, 0.1) is 0 Å². The van der Waals surface area contributed by atoms with Crippen LogP contribution in [0.1, 0.15) is 27.8 Å². The summed E-state index contributed by atoms with van der Waals surface area (Å²) < 4.78 is 41.0. The van der Waals surface area contributed by atoms with Gasteiger partial charge in [-0.25, -0.2) is 0 Å². The van der Waals surface area contributed by atoms with Crippen molar-refractivity contribution in [2.75, 3.05) is 6.61 Å². The average molecular weight is 450 g/mol. The van der Waals surface area contributed by atoms with Gasteiger partial charge in [-0.2, -0.15) is 13.2 Å². The van der Waals surface area contributed by atoms with Crippen LogP contribution < -0.4 is 4.74 Å². The Balaban J connectivity index is 0.000000243. The largest absolute Gasteiger partial charge is 0.484 e. The van der Waals surface area contributed by atoms with E-state index in [4.69, 9.17) is 0 Å². The van der Waals surface area contributed by atoms with Gasteiger partial charge >= 0.3 is 6.18 Å². The highest BCUT2D eigenvalue weighted by Gasteiger charge is 2.28. The summed E-state index contributed by atoms with van der Waals surface area (Å²) in [7, 11) is 0. The first-order chi connectivity index (χ1) is 11.0. The van der Waals surface area contributed by atoms with E-state index in [0.717, 1.165) is 5.56 Å². The van der Waals surface area contributed by atoms with E-state index in [0.29, 0.717) is 0 Å². The van der Waals surface area contributed by atoms with Crippen LogP contribution in [0, 0.1) is 38.2 Å². The molecule has 2 aromatic rings. The molecule has 0 aromatic heterocycles. The zero-order valence-electron chi connectivity index (χ0n) is 14.5. The van der Waals surface area contributed by atoms with Crippen molar-refractivity contribution in [1.29, 1.82) is 0 Å². The number of hydrogen-bond acceptors (Lipinski definition) is 1. The Morgan fingerprint density at radius 1 is 0.875 bits per heavy atom. The second-order valence-corrected chi connectivity index (χ2v) is 6.93. The van der Waals surface area contributed by atoms with Crippen molar-refractivity contribution in [1.82, 2.24) is 0 Å². The van der Waals surface area contributed by atoms with Gasteiger partial charge < -0.3 is 4.74 Å². The van der Waals surface area contributed by atoms with Crippen LogP contribution in [0.4, 0.5) is 13.2 Å². The molecule has 0 aliphatic heterocycles. The maximum Gasteiger partial charge on any atom is 0.422 e. The standard InChI is InChI=1S/C10H13I.C9H9F3O/c1-6-5-10(11)9(4)8(3)7(6)2;1-7-2-4-8(5-3-7)13-6-9(10,11)12/h5H,1-4H3;2-5H,6H2,1H3. The molecule has 0 unspecified atom stereocenters. The van der Waals surface area contributed by atoms with Crippen LogP contribution in [0.25, 0.3) is 0 Å². The van der Waals surface area contributed by atoms with Gasteiger partial charge in [0.25, 0.3) is 0 Å². The average Bonchev–Trinajstić information content (AvgIpc) is 2.50. The van der Waals surface area contributed by atoms with E-state index in [1.54, 1.807) is 12.1 Å². The molecule has 0 aliphatic carbocycles. The summed E-state index contributed by atoms with van der Waals surface area (Å²) in [5.74, 6) is 0.239. The quantitative estimate of drug-likeness (QED) is 0.478. The van der Waals surface area contributed by atoms with E-state index in [1.165, 1.54) is 38.0 Å². The molecule has 0 bridgehead atoms. The molecule has 24 heavy (non-hydrogen) atoms. The van der Waals surface area contributed by atoms with E-state index in [1.807, 2.05) is 6.92 Å². The molecule has 0 heterocycles. The normalized spacial score (nSPS) is 10.9. The predicted octanol–water partition coefficient (Wildman–Crippen LogP) is 6.46. The summed E-state index contributed by atoms with van der Waals surface area (Å²) in [6.07, 6.45) is -4.27. The zero-order chi connectivity index (χ0) is 18.5. The van der Waals surface area contributed by atoms with Crippen LogP contribution in [0.3, 0.4) is 0 Å². The lowest BCUT2D eigenvalue weighted by molar-refractivity contribution is -0.153. The van der Waals surface area contributed by atoms with Gasteiger partial charge in [-0.15, -0.1) is 0 Å². The molecule has 132 valence electrons. The molecule has 0 radical (unpaired) electrons. The van der Waals surface area contributed by atoms with Gasteiger partial charge in [0.15, 0.2) is 6.61 Å². The van der Waals surface area contributed by atoms with E-state index < -0.39 is 12.8 Å². The van der Waals surface area contributed by atoms with E-state index in [9.17, 15) is 13.2 Å². The SMILES string of the molecule is Cc1cc(I)c(C)c(C)c1C.Cc1ccc(OCC(F)(F)F)cc1. The highest BCUT2D eigenvalue weighted by atomic mass is 127. The molecule has 0 amide bonds. The molecular weight excluding hydrogens is 428 g/mol. The highest BCUT2D eigenvalue weighted by Crippen LogP contribution is 2.22. The van der Waals surface area contributed by atoms with Crippen LogP contribution in [0.15, 0.2) is 30.3 Å². The number of benzene rings is 2. The van der Waals surface area contributed by atoms with Crippen molar-refractivity contribution in [3.63, 3.8) is 0 Å². The van der Waals surface area contributed by atoms with Gasteiger partial charge in [-0.3, -0.25) is 0 Å². The third kappa shape index (κ3) is 6.71. The molecule has 0 saturated carbocycles. The Morgan fingerprint density at radius 2 is 1.42 bits per heavy atom. The summed E-state index contributed by atoms with van der Waals surface area (Å²) in [5, 5.41) is 0. The van der Waals surface area contributed by atoms with Crippen LogP contribution in [-0.4, -0.2) is 12.8 Å². The number of halogens is 4. The molecule has 0 spiro atoms. The molecule has 5 heteroatoms. The summed E-state index contributed by atoms with van der Waals surface area (Å²) in [6, 6.07) is 8.68. The van der Waals surface area contributed by atoms with Crippen LogP contribution in [0.5, 0.6) is 5.75 Å². The Bertz CT molecular complexity index is 650. The van der Waals surface area contributed by atoms with Gasteiger partial charge in [0.1, 0.15) is 5.75 Å². The minimum atomic E-state index is -4.27. The third-order valence-corrected chi connectivity index (χ3v) is 4.96. The Morgan fingerprint density at radius 3 is 1.92 bits per heavy atom. The zero-order valence-corrected chi connectivity index (χ0v) is 16.7. The number of hydrogen-bond donors (Lipinski definition) is 0. The van der Waals surface area contributed by atoms with Crippen molar-refractivity contribution in [3.05, 3.63) is 61.7 Å². The van der Waals surface area contributed by atoms with Gasteiger partial charge in [0.2, 0.25) is 0 Å². The van der Waals surface area contributed by atoms with Crippen LogP contribution in [0.2, 0.25) is 0 Å². The first kappa shape index (κ1) is 20.8. The van der Waals surface area contributed by atoms with Crippen molar-refractivity contribution < 1.29 is 17.9 Å². The molecule has 0 fully saturated rings. The Hall–Kier alpha value is -1.24. The topological polar surface area (TPSA) is 9.23 Å².